The van der Waals surface area contributed by atoms with Crippen LogP contribution < -0.4 is 4.90 Å². The van der Waals surface area contributed by atoms with Crippen molar-refractivity contribution in [1.82, 2.24) is 14.7 Å². The van der Waals surface area contributed by atoms with Gasteiger partial charge in [-0.3, -0.25) is 14.4 Å². The number of azo groups is 1. The molecule has 2 fully saturated rings. The van der Waals surface area contributed by atoms with Gasteiger partial charge < -0.3 is 24.7 Å². The average molecular weight is 1120 g/mol. The van der Waals surface area contributed by atoms with Crippen LogP contribution in [-0.2, 0) is 0 Å². The van der Waals surface area contributed by atoms with Crippen LogP contribution in [0.4, 0.5) is 5.69 Å². The zero-order valence-electron chi connectivity index (χ0n) is 53.6. The molecule has 0 spiro atoms. The van der Waals surface area contributed by atoms with E-state index in [1.165, 1.54) is 57.4 Å². The summed E-state index contributed by atoms with van der Waals surface area (Å²) in [6.45, 7) is 22.8. The summed E-state index contributed by atoms with van der Waals surface area (Å²) in [6.07, 6.45) is 16.7. The van der Waals surface area contributed by atoms with Crippen LogP contribution in [0.2, 0.25) is 0 Å². The monoisotopic (exact) mass is 1120 g/mol. The highest BCUT2D eigenvalue weighted by Crippen LogP contribution is 2.31. The maximum absolute atomic E-state index is 12.1. The molecule has 0 radical (unpaired) electrons. The van der Waals surface area contributed by atoms with E-state index in [4.69, 9.17) is 11.7 Å². The van der Waals surface area contributed by atoms with Gasteiger partial charge in [-0.15, -0.1) is 6.42 Å². The van der Waals surface area contributed by atoms with E-state index in [0.717, 1.165) is 42.0 Å². The Balaban J connectivity index is 0.000000934. The number of hydrogen-bond acceptors (Lipinski definition) is 11. The van der Waals surface area contributed by atoms with Crippen molar-refractivity contribution < 1.29 is 19.5 Å². The molecule has 0 aromatic heterocycles. The fraction of sp³-hybridized carbons (Fsp3) is 0.493. The maximum Gasteiger partial charge on any atom is 0.194 e. The van der Waals surface area contributed by atoms with Gasteiger partial charge in [0.25, 0.3) is 0 Å². The summed E-state index contributed by atoms with van der Waals surface area (Å²) in [7, 11) is 14.5. The SMILES string of the molecule is C#CC(C)(C)N=NC(C)(C)C#N.CC(C)(C)C(=O)c1ccccc1.CCN(CC)CC.CN(C)C.CN(C)C1CCCCC1.CN(C)c1ccccc1.O=C(c1ccccc1)C1(O)CCCCC1.O=C(c1ccccc1)c1ccccc1. The first-order valence-electron chi connectivity index (χ1n) is 29.3. The number of carbonyl (C=O) groups is 3. The molecule has 0 heterocycles. The Morgan fingerprint density at radius 1 is 0.549 bits per heavy atom. The zero-order chi connectivity index (χ0) is 62.2. The minimum absolute atomic E-state index is 0.0752. The van der Waals surface area contributed by atoms with Crippen LogP contribution >= 0.6 is 0 Å². The van der Waals surface area contributed by atoms with Crippen LogP contribution in [0.1, 0.15) is 170 Å². The average Bonchev–Trinajstić information content (AvgIpc) is 3.58. The van der Waals surface area contributed by atoms with Crippen LogP contribution in [0.5, 0.6) is 0 Å². The van der Waals surface area contributed by atoms with E-state index >= 15 is 0 Å². The summed E-state index contributed by atoms with van der Waals surface area (Å²) in [5, 5.41) is 26.6. The molecule has 2 aliphatic carbocycles. The molecule has 0 bridgehead atoms. The number of carbonyl (C=O) groups excluding carboxylic acids is 3. The van der Waals surface area contributed by atoms with Gasteiger partial charge in [0.2, 0.25) is 0 Å². The molecule has 448 valence electrons. The first kappa shape index (κ1) is 75.4. The van der Waals surface area contributed by atoms with Crippen molar-refractivity contribution in [2.24, 2.45) is 15.6 Å². The predicted octanol–water partition coefficient (Wildman–Crippen LogP) is 15.7. The van der Waals surface area contributed by atoms with Crippen LogP contribution in [-0.4, -0.2) is 129 Å². The summed E-state index contributed by atoms with van der Waals surface area (Å²) in [6, 6.07) is 50.3. The summed E-state index contributed by atoms with van der Waals surface area (Å²) in [5.74, 6) is 2.63. The van der Waals surface area contributed by atoms with E-state index in [0.29, 0.717) is 18.4 Å². The minimum Gasteiger partial charge on any atom is -0.382 e. The molecule has 7 rings (SSSR count). The summed E-state index contributed by atoms with van der Waals surface area (Å²) in [4.78, 5) is 44.4. The van der Waals surface area contributed by atoms with E-state index in [-0.39, 0.29) is 22.8 Å². The number of Topliss-reactive ketones (excluding diaryl/α,β-unsaturated/α-hetero) is 2. The number of nitriles is 1. The standard InChI is InChI=1S/C13H16O2.C13H10O.C11H14O.C9H13N3.C8H17N.C8H11N.C6H15N.C3H9N/c14-12(11-7-3-1-4-8-11)13(15)9-5-2-6-10-13;14-13(11-7-3-1-4-8-11)12-9-5-2-6-10-12;1-11(2,3)10(12)9-7-5-4-6-8-9;1-6-8(2,3)11-12-9(4,5)7-10;2*1-9(2)8-6-4-3-5-7-8;1-4-7(5-2)6-3;1-4(2)3/h1,3-4,7-8,15H,2,5-6,9-10H2;1-10H;4-8H,1-3H3;1H,2-5H3;8H,3-7H2,1-2H3;3-7H,1-2H3;4-6H2,1-3H3;1-3H3. The van der Waals surface area contributed by atoms with Crippen LogP contribution in [0.3, 0.4) is 0 Å². The normalized spacial score (nSPS) is 13.6. The Morgan fingerprint density at radius 3 is 1.18 bits per heavy atom. The molecule has 0 amide bonds. The summed E-state index contributed by atoms with van der Waals surface area (Å²) >= 11 is 0. The molecular formula is C71H105N7O4. The molecule has 5 aromatic rings. The topological polar surface area (TPSA) is 133 Å². The highest BCUT2D eigenvalue weighted by molar-refractivity contribution is 6.08. The quantitative estimate of drug-likeness (QED) is 0.0736. The lowest BCUT2D eigenvalue weighted by molar-refractivity contribution is 0.0116. The number of nitrogens with zero attached hydrogens (tertiary/aromatic N) is 7. The molecule has 82 heavy (non-hydrogen) atoms. The first-order valence-corrected chi connectivity index (χ1v) is 29.3. The Kier molecular flexibility index (Phi) is 38.1. The first-order chi connectivity index (χ1) is 38.6. The van der Waals surface area contributed by atoms with Gasteiger partial charge in [-0.25, -0.2) is 0 Å². The molecule has 0 aliphatic heterocycles. The van der Waals surface area contributed by atoms with E-state index in [1.807, 2.05) is 194 Å². The van der Waals surface area contributed by atoms with Crippen LogP contribution in [0, 0.1) is 29.1 Å². The molecule has 0 saturated heterocycles. The van der Waals surface area contributed by atoms with E-state index < -0.39 is 16.7 Å². The molecule has 0 atom stereocenters. The van der Waals surface area contributed by atoms with Gasteiger partial charge in [-0.1, -0.05) is 226 Å². The van der Waals surface area contributed by atoms with Gasteiger partial charge in [-0.05, 0) is 120 Å². The van der Waals surface area contributed by atoms with Gasteiger partial charge in [-0.2, -0.15) is 15.5 Å². The highest BCUT2D eigenvalue weighted by Gasteiger charge is 2.37. The number of benzene rings is 5. The lowest BCUT2D eigenvalue weighted by atomic mass is 9.79. The molecule has 5 aromatic carbocycles. The fourth-order valence-corrected chi connectivity index (χ4v) is 7.89. The van der Waals surface area contributed by atoms with E-state index in [9.17, 15) is 19.5 Å². The molecular weight excluding hydrogens is 1010 g/mol. The summed E-state index contributed by atoms with van der Waals surface area (Å²) < 4.78 is 0. The Morgan fingerprint density at radius 2 is 0.890 bits per heavy atom. The number of hydrogen-bond donors (Lipinski definition) is 1. The van der Waals surface area contributed by atoms with Crippen molar-refractivity contribution in [3.63, 3.8) is 0 Å². The van der Waals surface area contributed by atoms with Crippen molar-refractivity contribution in [1.29, 1.82) is 5.26 Å². The molecule has 11 heteroatoms. The molecule has 2 aliphatic rings. The van der Waals surface area contributed by atoms with Crippen LogP contribution in [0.15, 0.2) is 162 Å². The van der Waals surface area contributed by atoms with Gasteiger partial charge in [0.1, 0.15) is 11.1 Å². The third-order valence-corrected chi connectivity index (χ3v) is 13.0. The van der Waals surface area contributed by atoms with Crippen molar-refractivity contribution in [3.05, 3.63) is 174 Å². The second-order valence-corrected chi connectivity index (χ2v) is 23.3. The third kappa shape index (κ3) is 34.0. The molecule has 0 unspecified atom stereocenters. The van der Waals surface area contributed by atoms with Gasteiger partial charge in [0.05, 0.1) is 6.07 Å². The van der Waals surface area contributed by atoms with Crippen molar-refractivity contribution in [2.45, 2.75) is 156 Å². The van der Waals surface area contributed by atoms with E-state index in [1.54, 1.807) is 39.8 Å². The Bertz CT molecular complexity index is 2470. The second kappa shape index (κ2) is 41.4. The second-order valence-electron chi connectivity index (χ2n) is 23.3. The molecule has 11 nitrogen and oxygen atoms in total. The molecule has 1 N–H and O–H groups in total. The summed E-state index contributed by atoms with van der Waals surface area (Å²) in [5.41, 5.74) is 1.37. The molecule has 2 saturated carbocycles. The number of ketones is 3. The minimum atomic E-state index is -1.10. The predicted molar refractivity (Wildman–Crippen MR) is 347 cm³/mol. The van der Waals surface area contributed by atoms with E-state index in [2.05, 4.69) is 77.8 Å². The smallest absolute Gasteiger partial charge is 0.194 e. The van der Waals surface area contributed by atoms with Gasteiger partial charge in [0, 0.05) is 53.5 Å². The largest absolute Gasteiger partial charge is 0.382 e. The lowest BCUT2D eigenvalue weighted by Crippen LogP contribution is -2.40. The van der Waals surface area contributed by atoms with Crippen molar-refractivity contribution in [3.8, 4) is 18.4 Å². The lowest BCUT2D eigenvalue weighted by Gasteiger charge is -2.30. The maximum atomic E-state index is 12.1. The highest BCUT2D eigenvalue weighted by atomic mass is 16.3. The fourth-order valence-electron chi connectivity index (χ4n) is 7.89. The van der Waals surface area contributed by atoms with Crippen molar-refractivity contribution in [2.75, 3.05) is 73.9 Å². The van der Waals surface area contributed by atoms with Crippen LogP contribution in [0.25, 0.3) is 0 Å². The number of para-hydroxylation sites is 1. The van der Waals surface area contributed by atoms with Gasteiger partial charge in [0.15, 0.2) is 22.9 Å². The van der Waals surface area contributed by atoms with Crippen molar-refractivity contribution >= 4 is 23.0 Å². The Hall–Kier alpha value is -6.60. The number of rotatable bonds is 12. The number of terminal acetylenes is 1. The number of aliphatic hydroxyl groups is 1. The van der Waals surface area contributed by atoms with Gasteiger partial charge >= 0.3 is 0 Å². The third-order valence-electron chi connectivity index (χ3n) is 13.0. The number of anilines is 1. The Labute approximate surface area is 498 Å². The zero-order valence-corrected chi connectivity index (χ0v) is 53.6.